The second kappa shape index (κ2) is 7.01. The average molecular weight is 442 g/mol. The Morgan fingerprint density at radius 1 is 1.10 bits per heavy atom. The van der Waals surface area contributed by atoms with Crippen molar-refractivity contribution in [3.8, 4) is 0 Å². The summed E-state index contributed by atoms with van der Waals surface area (Å²) in [5, 5.41) is 10.4. The third kappa shape index (κ3) is 3.25. The smallest absolute Gasteiger partial charge is 0.263 e. The highest BCUT2D eigenvalue weighted by Gasteiger charge is 2.48. The van der Waals surface area contributed by atoms with Gasteiger partial charge in [0.1, 0.15) is 11.2 Å². The number of benzene rings is 1. The molecule has 3 aromatic rings. The summed E-state index contributed by atoms with van der Waals surface area (Å²) in [4.78, 5) is 22.3. The summed E-state index contributed by atoms with van der Waals surface area (Å²) < 4.78 is 24.9. The molecule has 3 heterocycles. The Morgan fingerprint density at radius 2 is 1.81 bits per heavy atom. The number of hydrogen-bond donors (Lipinski definition) is 3. The number of nitrogens with two attached hydrogens (primary N) is 2. The van der Waals surface area contributed by atoms with Crippen molar-refractivity contribution in [2.45, 2.75) is 49.1 Å². The van der Waals surface area contributed by atoms with Gasteiger partial charge < -0.3 is 9.88 Å². The number of amides is 1. The Morgan fingerprint density at radius 3 is 2.48 bits per heavy atom. The van der Waals surface area contributed by atoms with Crippen molar-refractivity contribution >= 4 is 38.6 Å². The number of carbonyl (C=O) groups excluding carboxylic acids is 1. The monoisotopic (exact) mass is 441 g/mol. The third-order valence-corrected chi connectivity index (χ3v) is 7.09. The highest BCUT2D eigenvalue weighted by molar-refractivity contribution is 7.89. The van der Waals surface area contributed by atoms with Crippen LogP contribution >= 0.6 is 0 Å². The number of aromatic nitrogens is 3. The molecule has 1 saturated carbocycles. The van der Waals surface area contributed by atoms with Gasteiger partial charge in [0.25, 0.3) is 5.91 Å². The molecule has 1 aromatic carbocycles. The number of nitrogens with one attached hydrogen (secondary N) is 1. The van der Waals surface area contributed by atoms with Crippen LogP contribution in [0.4, 0.5) is 11.6 Å². The number of primary sulfonamides is 1. The molecule has 5 rings (SSSR count). The zero-order valence-electron chi connectivity index (χ0n) is 16.8. The molecule has 0 radical (unpaired) electrons. The van der Waals surface area contributed by atoms with Gasteiger partial charge in [0.05, 0.1) is 11.4 Å². The summed E-state index contributed by atoms with van der Waals surface area (Å²) in [6, 6.07) is 8.02. The summed E-state index contributed by atoms with van der Waals surface area (Å²) in [5.41, 5.74) is 1.55. The molecule has 1 fully saturated rings. The normalized spacial score (nSPS) is 18.4. The summed E-state index contributed by atoms with van der Waals surface area (Å²) in [6.45, 7) is 0.328. The van der Waals surface area contributed by atoms with Crippen molar-refractivity contribution in [1.82, 2.24) is 19.5 Å². The molecule has 31 heavy (non-hydrogen) atoms. The van der Waals surface area contributed by atoms with Gasteiger partial charge in [-0.25, -0.2) is 24.4 Å². The highest BCUT2D eigenvalue weighted by atomic mass is 32.2. The first-order valence-corrected chi connectivity index (χ1v) is 11.7. The zero-order chi connectivity index (χ0) is 21.8. The molecule has 10 nitrogen and oxygen atoms in total. The topological polar surface area (TPSA) is 149 Å². The fourth-order valence-corrected chi connectivity index (χ4v) is 5.25. The van der Waals surface area contributed by atoms with Gasteiger partial charge in [-0.1, -0.05) is 19.3 Å². The second-order valence-corrected chi connectivity index (χ2v) is 9.72. The van der Waals surface area contributed by atoms with E-state index in [2.05, 4.69) is 14.9 Å². The molecule has 1 aliphatic heterocycles. The molecule has 5 N–H and O–H groups in total. The van der Waals surface area contributed by atoms with Gasteiger partial charge in [-0.3, -0.25) is 9.80 Å². The summed E-state index contributed by atoms with van der Waals surface area (Å²) in [7, 11) is -3.76. The van der Waals surface area contributed by atoms with Gasteiger partial charge in [0.2, 0.25) is 16.0 Å². The largest absolute Gasteiger partial charge is 0.324 e. The predicted octanol–water partition coefficient (Wildman–Crippen LogP) is 1.70. The van der Waals surface area contributed by atoms with Crippen molar-refractivity contribution in [1.29, 1.82) is 0 Å². The summed E-state index contributed by atoms with van der Waals surface area (Å²) in [5.74, 6) is 6.35. The van der Waals surface area contributed by atoms with Crippen molar-refractivity contribution in [3.05, 3.63) is 42.2 Å². The van der Waals surface area contributed by atoms with Gasteiger partial charge in [-0.15, -0.1) is 0 Å². The van der Waals surface area contributed by atoms with Gasteiger partial charge >= 0.3 is 0 Å². The standard InChI is InChI=1S/C20H23N7O3S/c21-26-12-15-10-13-11-23-19(24-14-4-6-16(7-5-14)31(22,29)30)25-17(13)27(15)20(18(26)28)8-2-1-3-9-20/h4-7,10-11H,1-3,8-9,12,21H2,(H2,22,29,30)(H,23,24,25). The quantitative estimate of drug-likeness (QED) is 0.413. The fourth-order valence-electron chi connectivity index (χ4n) is 4.74. The SMILES string of the molecule is NN1Cc2cc3cnc(Nc4ccc(S(N)(=O)=O)cc4)nc3n2C2(CCCCC2)C1=O. The van der Waals surface area contributed by atoms with Crippen molar-refractivity contribution in [2.24, 2.45) is 11.0 Å². The van der Waals surface area contributed by atoms with Crippen LogP contribution in [0.15, 0.2) is 41.4 Å². The number of rotatable bonds is 3. The molecule has 0 atom stereocenters. The minimum atomic E-state index is -3.76. The maximum Gasteiger partial charge on any atom is 0.263 e. The zero-order valence-corrected chi connectivity index (χ0v) is 17.6. The Labute approximate surface area is 179 Å². The predicted molar refractivity (Wildman–Crippen MR) is 114 cm³/mol. The van der Waals surface area contributed by atoms with E-state index in [-0.39, 0.29) is 10.8 Å². The Balaban J connectivity index is 1.56. The molecule has 2 aliphatic rings. The Kier molecular flexibility index (Phi) is 4.50. The molecule has 0 unspecified atom stereocenters. The molecule has 162 valence electrons. The van der Waals surface area contributed by atoms with Crippen LogP contribution in [0.1, 0.15) is 37.8 Å². The number of hydrazine groups is 1. The second-order valence-electron chi connectivity index (χ2n) is 8.16. The lowest BCUT2D eigenvalue weighted by Gasteiger charge is -2.44. The number of carbonyl (C=O) groups is 1. The number of anilines is 2. The lowest BCUT2D eigenvalue weighted by Crippen LogP contribution is -2.58. The third-order valence-electron chi connectivity index (χ3n) is 6.16. The van der Waals surface area contributed by atoms with E-state index < -0.39 is 15.6 Å². The van der Waals surface area contributed by atoms with E-state index in [4.69, 9.17) is 16.0 Å². The fraction of sp³-hybridized carbons (Fsp3) is 0.350. The van der Waals surface area contributed by atoms with Crippen LogP contribution in [0.3, 0.4) is 0 Å². The van der Waals surface area contributed by atoms with E-state index in [0.29, 0.717) is 23.8 Å². The van der Waals surface area contributed by atoms with E-state index in [1.807, 2.05) is 6.07 Å². The number of sulfonamides is 1. The number of nitrogens with zero attached hydrogens (tertiary/aromatic N) is 4. The first-order chi connectivity index (χ1) is 14.8. The van der Waals surface area contributed by atoms with Crippen LogP contribution in [-0.2, 0) is 26.9 Å². The van der Waals surface area contributed by atoms with Crippen LogP contribution in [0.25, 0.3) is 11.0 Å². The molecule has 2 aromatic heterocycles. The molecular weight excluding hydrogens is 418 g/mol. The molecule has 1 aliphatic carbocycles. The van der Waals surface area contributed by atoms with Gasteiger partial charge in [-0.05, 0) is 43.2 Å². The molecule has 1 spiro atoms. The summed E-state index contributed by atoms with van der Waals surface area (Å²) >= 11 is 0. The maximum absolute atomic E-state index is 13.2. The highest BCUT2D eigenvalue weighted by Crippen LogP contribution is 2.42. The van der Waals surface area contributed by atoms with E-state index >= 15 is 0 Å². The molecule has 0 bridgehead atoms. The first kappa shape index (κ1) is 19.9. The van der Waals surface area contributed by atoms with Crippen LogP contribution in [0.2, 0.25) is 0 Å². The van der Waals surface area contributed by atoms with Crippen LogP contribution in [0, 0.1) is 0 Å². The molecular formula is C20H23N7O3S. The Bertz CT molecular complexity index is 1280. The van der Waals surface area contributed by atoms with Gasteiger partial charge in [-0.2, -0.15) is 4.98 Å². The van der Waals surface area contributed by atoms with Crippen molar-refractivity contribution in [3.63, 3.8) is 0 Å². The van der Waals surface area contributed by atoms with E-state index in [1.165, 1.54) is 17.1 Å². The van der Waals surface area contributed by atoms with Crippen molar-refractivity contribution in [2.75, 3.05) is 5.32 Å². The lowest BCUT2D eigenvalue weighted by atomic mass is 9.79. The van der Waals surface area contributed by atoms with Crippen molar-refractivity contribution < 1.29 is 13.2 Å². The van der Waals surface area contributed by atoms with Crippen LogP contribution < -0.4 is 16.3 Å². The van der Waals surface area contributed by atoms with Gasteiger partial charge in [0.15, 0.2) is 0 Å². The first-order valence-electron chi connectivity index (χ1n) is 10.1. The lowest BCUT2D eigenvalue weighted by molar-refractivity contribution is -0.146. The van der Waals surface area contributed by atoms with Gasteiger partial charge in [0, 0.05) is 23.0 Å². The molecule has 1 amide bonds. The molecule has 0 saturated heterocycles. The van der Waals surface area contributed by atoms with E-state index in [1.54, 1.807) is 18.3 Å². The number of fused-ring (bicyclic) bond motifs is 4. The maximum atomic E-state index is 13.2. The molecule has 11 heteroatoms. The van der Waals surface area contributed by atoms with E-state index in [9.17, 15) is 13.2 Å². The minimum absolute atomic E-state index is 0.0270. The Hall–Kier alpha value is -3.02. The average Bonchev–Trinajstić information content (AvgIpc) is 3.11. The number of hydrogen-bond acceptors (Lipinski definition) is 7. The van der Waals surface area contributed by atoms with E-state index in [0.717, 1.165) is 43.2 Å². The minimum Gasteiger partial charge on any atom is -0.324 e. The van der Waals surface area contributed by atoms with Crippen LogP contribution in [0.5, 0.6) is 0 Å². The van der Waals surface area contributed by atoms with Crippen LogP contribution in [-0.4, -0.2) is 33.9 Å². The summed E-state index contributed by atoms with van der Waals surface area (Å²) in [6.07, 6.45) is 6.22.